The Morgan fingerprint density at radius 3 is 2.55 bits per heavy atom. The molecule has 0 radical (unpaired) electrons. The minimum Gasteiger partial charge on any atom is -0.493 e. The summed E-state index contributed by atoms with van der Waals surface area (Å²) in [7, 11) is 3.24. The molecule has 5 rings (SSSR count). The van der Waals surface area contributed by atoms with Gasteiger partial charge in [-0.15, -0.1) is 0 Å². The summed E-state index contributed by atoms with van der Waals surface area (Å²) in [6.07, 6.45) is 0.300. The molecular weight excluding hydrogens is 435 g/mol. The summed E-state index contributed by atoms with van der Waals surface area (Å²) in [5.74, 6) is 2.16. The van der Waals surface area contributed by atoms with Gasteiger partial charge in [0.05, 0.1) is 31.0 Å². The van der Waals surface area contributed by atoms with Crippen molar-refractivity contribution in [3.05, 3.63) is 87.4 Å². The predicted octanol–water partition coefficient (Wildman–Crippen LogP) is 6.25. The molecule has 7 heteroatoms. The van der Waals surface area contributed by atoms with Crippen molar-refractivity contribution in [2.75, 3.05) is 14.2 Å². The third-order valence-corrected chi connectivity index (χ3v) is 6.18. The zero-order valence-corrected chi connectivity index (χ0v) is 18.5. The van der Waals surface area contributed by atoms with Gasteiger partial charge in [0.1, 0.15) is 5.75 Å². The molecule has 0 aliphatic carbocycles. The van der Waals surface area contributed by atoms with Gasteiger partial charge in [-0.1, -0.05) is 47.5 Å². The van der Waals surface area contributed by atoms with Crippen molar-refractivity contribution in [3.8, 4) is 17.2 Å². The number of nitrogens with zero attached hydrogens (tertiary/aromatic N) is 2. The van der Waals surface area contributed by atoms with Crippen LogP contribution in [0, 0.1) is 0 Å². The summed E-state index contributed by atoms with van der Waals surface area (Å²) in [6.45, 7) is 0. The van der Waals surface area contributed by atoms with Gasteiger partial charge in [0.15, 0.2) is 11.5 Å². The van der Waals surface area contributed by atoms with Crippen molar-refractivity contribution in [1.29, 1.82) is 0 Å². The number of hydrogen-bond acceptors (Lipinski definition) is 5. The van der Waals surface area contributed by atoms with Gasteiger partial charge in [-0.2, -0.15) is 5.10 Å². The Morgan fingerprint density at radius 1 is 0.968 bits per heavy atom. The predicted molar refractivity (Wildman–Crippen MR) is 122 cm³/mol. The van der Waals surface area contributed by atoms with Gasteiger partial charge >= 0.3 is 0 Å². The Kier molecular flexibility index (Phi) is 5.16. The van der Waals surface area contributed by atoms with Gasteiger partial charge < -0.3 is 14.2 Å². The Hall–Kier alpha value is -2.89. The van der Waals surface area contributed by atoms with Gasteiger partial charge in [-0.3, -0.25) is 0 Å². The maximum absolute atomic E-state index is 6.49. The summed E-state index contributed by atoms with van der Waals surface area (Å²) in [5.41, 5.74) is 3.80. The molecule has 0 spiro atoms. The first kappa shape index (κ1) is 20.0. The van der Waals surface area contributed by atoms with E-state index in [1.807, 2.05) is 53.5 Å². The van der Waals surface area contributed by atoms with Crippen molar-refractivity contribution in [2.45, 2.75) is 18.7 Å². The van der Waals surface area contributed by atoms with E-state index >= 15 is 0 Å². The van der Waals surface area contributed by atoms with Crippen LogP contribution in [0.4, 0.5) is 0 Å². The van der Waals surface area contributed by atoms with E-state index < -0.39 is 6.23 Å². The molecule has 0 saturated carbocycles. The number of hydrogen-bond donors (Lipinski definition) is 0. The standard InChI is InChI=1S/C24H20Cl2N2O3/c1-29-22-10-7-14(11-23(22)30-2)24-28-20(17-5-3-4-6-21(17)31-24)13-19(27-28)16-9-8-15(25)12-18(16)26/h3-12,20,24H,13H2,1-2H3/t20-,24-/m0/s1. The number of rotatable bonds is 4. The highest BCUT2D eigenvalue weighted by atomic mass is 35.5. The lowest BCUT2D eigenvalue weighted by molar-refractivity contribution is -0.0191. The maximum atomic E-state index is 6.49. The number of hydrazone groups is 1. The average molecular weight is 455 g/mol. The van der Waals surface area contributed by atoms with Gasteiger partial charge in [-0.25, -0.2) is 5.01 Å². The SMILES string of the molecule is COc1ccc([C@@H]2Oc3ccccc3[C@@H]3CC(c4ccc(Cl)cc4Cl)=NN32)cc1OC. The molecule has 0 bridgehead atoms. The molecule has 3 aromatic rings. The van der Waals surface area contributed by atoms with E-state index in [1.165, 1.54) is 0 Å². The zero-order chi connectivity index (χ0) is 21.5. The minimum absolute atomic E-state index is 0.0322. The van der Waals surface area contributed by atoms with Crippen LogP contribution < -0.4 is 14.2 Å². The van der Waals surface area contributed by atoms with Crippen molar-refractivity contribution < 1.29 is 14.2 Å². The highest BCUT2D eigenvalue weighted by Crippen LogP contribution is 2.48. The fraction of sp³-hybridized carbons (Fsp3) is 0.208. The number of fused-ring (bicyclic) bond motifs is 3. The van der Waals surface area contributed by atoms with Crippen LogP contribution in [0.3, 0.4) is 0 Å². The summed E-state index contributed by atoms with van der Waals surface area (Å²) >= 11 is 12.6. The average Bonchev–Trinajstić information content (AvgIpc) is 3.23. The highest BCUT2D eigenvalue weighted by molar-refractivity contribution is 6.37. The number of halogens is 2. The lowest BCUT2D eigenvalue weighted by Crippen LogP contribution is -2.33. The van der Waals surface area contributed by atoms with Crippen molar-refractivity contribution in [2.24, 2.45) is 5.10 Å². The van der Waals surface area contributed by atoms with Crippen LogP contribution in [0.5, 0.6) is 17.2 Å². The third kappa shape index (κ3) is 3.48. The van der Waals surface area contributed by atoms with Crippen LogP contribution in [-0.2, 0) is 0 Å². The molecule has 0 saturated heterocycles. The van der Waals surface area contributed by atoms with E-state index in [0.717, 1.165) is 28.2 Å². The number of para-hydroxylation sites is 1. The first-order chi connectivity index (χ1) is 15.1. The topological polar surface area (TPSA) is 43.3 Å². The Labute approximate surface area is 190 Å². The second kappa shape index (κ2) is 7.98. The van der Waals surface area contributed by atoms with Crippen LogP contribution >= 0.6 is 23.2 Å². The van der Waals surface area contributed by atoms with Crippen LogP contribution in [0.25, 0.3) is 0 Å². The summed E-state index contributed by atoms with van der Waals surface area (Å²) in [5, 5.41) is 8.14. The molecule has 0 fully saturated rings. The van der Waals surface area contributed by atoms with E-state index in [-0.39, 0.29) is 6.04 Å². The molecule has 0 unspecified atom stereocenters. The lowest BCUT2D eigenvalue weighted by Gasteiger charge is -2.38. The molecule has 2 atom stereocenters. The van der Waals surface area contributed by atoms with E-state index in [9.17, 15) is 0 Å². The Morgan fingerprint density at radius 2 is 1.77 bits per heavy atom. The van der Waals surface area contributed by atoms with Gasteiger partial charge in [0.25, 0.3) is 0 Å². The number of methoxy groups -OCH3 is 2. The lowest BCUT2D eigenvalue weighted by atomic mass is 9.96. The highest BCUT2D eigenvalue weighted by Gasteiger charge is 2.41. The molecule has 3 aromatic carbocycles. The molecule has 2 aliphatic rings. The Bertz CT molecular complexity index is 1180. The molecular formula is C24H20Cl2N2O3. The van der Waals surface area contributed by atoms with Gasteiger partial charge in [0.2, 0.25) is 6.23 Å². The van der Waals surface area contributed by atoms with Crippen molar-refractivity contribution >= 4 is 28.9 Å². The van der Waals surface area contributed by atoms with E-state index in [0.29, 0.717) is 28.0 Å². The second-order valence-electron chi connectivity index (χ2n) is 7.39. The van der Waals surface area contributed by atoms with E-state index in [1.54, 1.807) is 20.3 Å². The summed E-state index contributed by atoms with van der Waals surface area (Å²) < 4.78 is 17.3. The number of ether oxygens (including phenoxy) is 3. The first-order valence-corrected chi connectivity index (χ1v) is 10.6. The first-order valence-electron chi connectivity index (χ1n) is 9.88. The quantitative estimate of drug-likeness (QED) is 0.466. The van der Waals surface area contributed by atoms with E-state index in [2.05, 4.69) is 6.07 Å². The van der Waals surface area contributed by atoms with Crippen molar-refractivity contribution in [1.82, 2.24) is 5.01 Å². The molecule has 31 heavy (non-hydrogen) atoms. The second-order valence-corrected chi connectivity index (χ2v) is 8.24. The van der Waals surface area contributed by atoms with Crippen LogP contribution in [-0.4, -0.2) is 24.9 Å². The smallest absolute Gasteiger partial charge is 0.214 e. The zero-order valence-electron chi connectivity index (χ0n) is 17.0. The fourth-order valence-electron chi connectivity index (χ4n) is 4.15. The molecule has 2 aliphatic heterocycles. The van der Waals surface area contributed by atoms with E-state index in [4.69, 9.17) is 42.5 Å². The number of benzene rings is 3. The molecule has 0 amide bonds. The van der Waals surface area contributed by atoms with Crippen LogP contribution in [0.1, 0.15) is 35.4 Å². The van der Waals surface area contributed by atoms with Crippen LogP contribution in [0.2, 0.25) is 10.0 Å². The normalized spacial score (nSPS) is 19.2. The molecule has 5 nitrogen and oxygen atoms in total. The molecule has 158 valence electrons. The molecule has 0 aromatic heterocycles. The fourth-order valence-corrected chi connectivity index (χ4v) is 4.66. The van der Waals surface area contributed by atoms with Gasteiger partial charge in [-0.05, 0) is 36.4 Å². The molecule has 2 heterocycles. The summed E-state index contributed by atoms with van der Waals surface area (Å²) in [6, 6.07) is 19.4. The maximum Gasteiger partial charge on any atom is 0.214 e. The largest absolute Gasteiger partial charge is 0.493 e. The Balaban J connectivity index is 1.60. The summed E-state index contributed by atoms with van der Waals surface area (Å²) in [4.78, 5) is 0. The van der Waals surface area contributed by atoms with Crippen LogP contribution in [0.15, 0.2) is 65.8 Å². The minimum atomic E-state index is -0.414. The monoisotopic (exact) mass is 454 g/mol. The van der Waals surface area contributed by atoms with Crippen molar-refractivity contribution in [3.63, 3.8) is 0 Å². The third-order valence-electron chi connectivity index (χ3n) is 5.63. The molecule has 0 N–H and O–H groups in total. The van der Waals surface area contributed by atoms with Gasteiger partial charge in [0, 0.05) is 28.1 Å².